The van der Waals surface area contributed by atoms with Gasteiger partial charge < -0.3 is 10.4 Å². The number of carboxylic acid groups (broad SMARTS) is 1. The first-order valence-electron chi connectivity index (χ1n) is 9.42. The molecule has 2 N–H and O–H groups in total. The lowest BCUT2D eigenvalue weighted by atomic mass is 9.93. The van der Waals surface area contributed by atoms with Gasteiger partial charge in [0.15, 0.2) is 0 Å². The van der Waals surface area contributed by atoms with Crippen molar-refractivity contribution in [2.75, 3.05) is 0 Å². The van der Waals surface area contributed by atoms with E-state index in [4.69, 9.17) is 0 Å². The Morgan fingerprint density at radius 1 is 0.931 bits per heavy atom. The third-order valence-corrected chi connectivity index (χ3v) is 5.91. The molecule has 3 aromatic carbocycles. The summed E-state index contributed by atoms with van der Waals surface area (Å²) in [6.07, 6.45) is 1.16. The van der Waals surface area contributed by atoms with Gasteiger partial charge in [0.05, 0.1) is 0 Å². The molecule has 146 valence electrons. The summed E-state index contributed by atoms with van der Waals surface area (Å²) in [4.78, 5) is 25.4. The van der Waals surface area contributed by atoms with Crippen molar-refractivity contribution < 1.29 is 14.7 Å². The van der Waals surface area contributed by atoms with E-state index in [-0.39, 0.29) is 18.7 Å². The van der Waals surface area contributed by atoms with Gasteiger partial charge in [-0.25, -0.2) is 4.79 Å². The topological polar surface area (TPSA) is 66.4 Å². The minimum Gasteiger partial charge on any atom is -0.479 e. The molecule has 4 nitrogen and oxygen atoms in total. The molecule has 0 aliphatic heterocycles. The number of carbonyl (C=O) groups is 2. The molecule has 0 spiro atoms. The summed E-state index contributed by atoms with van der Waals surface area (Å²) in [7, 11) is 0. The SMILES string of the molecule is O=C(NC1(C(=O)O)Cc2ccccc2C1)c1ccc(Br)cc1Cc1ccccc1. The number of amides is 1. The second-order valence-electron chi connectivity index (χ2n) is 7.43. The van der Waals surface area contributed by atoms with Crippen molar-refractivity contribution in [3.05, 3.63) is 105 Å². The van der Waals surface area contributed by atoms with Crippen LogP contribution in [0.1, 0.15) is 32.6 Å². The summed E-state index contributed by atoms with van der Waals surface area (Å²) in [5, 5.41) is 12.8. The van der Waals surface area contributed by atoms with E-state index in [1.807, 2.05) is 60.7 Å². The maximum absolute atomic E-state index is 13.2. The van der Waals surface area contributed by atoms with Crippen molar-refractivity contribution in [3.8, 4) is 0 Å². The monoisotopic (exact) mass is 449 g/mol. The average Bonchev–Trinajstić information content (AvgIpc) is 3.08. The van der Waals surface area contributed by atoms with Crippen molar-refractivity contribution >= 4 is 27.8 Å². The number of fused-ring (bicyclic) bond motifs is 1. The summed E-state index contributed by atoms with van der Waals surface area (Å²) in [5.41, 5.74) is 3.04. The van der Waals surface area contributed by atoms with Crippen molar-refractivity contribution in [2.45, 2.75) is 24.8 Å². The largest absolute Gasteiger partial charge is 0.479 e. The third-order valence-electron chi connectivity index (χ3n) is 5.41. The molecule has 0 bridgehead atoms. The molecule has 3 aromatic rings. The van der Waals surface area contributed by atoms with E-state index in [1.165, 1.54) is 0 Å². The predicted octanol–water partition coefficient (Wildman–Crippen LogP) is 4.39. The Morgan fingerprint density at radius 3 is 2.17 bits per heavy atom. The van der Waals surface area contributed by atoms with Gasteiger partial charge in [0, 0.05) is 22.9 Å². The number of hydrogen-bond donors (Lipinski definition) is 2. The molecular weight excluding hydrogens is 430 g/mol. The molecule has 0 saturated carbocycles. The Morgan fingerprint density at radius 2 is 1.55 bits per heavy atom. The van der Waals surface area contributed by atoms with E-state index in [9.17, 15) is 14.7 Å². The van der Waals surface area contributed by atoms with Crippen molar-refractivity contribution in [1.29, 1.82) is 0 Å². The zero-order chi connectivity index (χ0) is 20.4. The Hall–Kier alpha value is -2.92. The Labute approximate surface area is 177 Å². The second kappa shape index (κ2) is 7.84. The fourth-order valence-electron chi connectivity index (χ4n) is 3.94. The van der Waals surface area contributed by atoms with Gasteiger partial charge in [-0.1, -0.05) is 70.5 Å². The highest BCUT2D eigenvalue weighted by Gasteiger charge is 2.45. The lowest BCUT2D eigenvalue weighted by Crippen LogP contribution is -2.55. The number of carbonyl (C=O) groups excluding carboxylic acids is 1. The van der Waals surface area contributed by atoms with Gasteiger partial charge in [-0.15, -0.1) is 0 Å². The number of halogens is 1. The van der Waals surface area contributed by atoms with Crippen LogP contribution in [0.15, 0.2) is 77.3 Å². The van der Waals surface area contributed by atoms with Crippen LogP contribution in [0.2, 0.25) is 0 Å². The summed E-state index contributed by atoms with van der Waals surface area (Å²) < 4.78 is 0.876. The van der Waals surface area contributed by atoms with Gasteiger partial charge in [-0.05, 0) is 46.9 Å². The first kappa shape index (κ1) is 19.4. The van der Waals surface area contributed by atoms with Gasteiger partial charge in [0.2, 0.25) is 0 Å². The fraction of sp³-hybridized carbons (Fsp3) is 0.167. The van der Waals surface area contributed by atoms with Gasteiger partial charge in [0.1, 0.15) is 5.54 Å². The minimum absolute atomic E-state index is 0.287. The number of aliphatic carboxylic acids is 1. The molecule has 0 aromatic heterocycles. The standard InChI is InChI=1S/C24H20BrNO3/c25-20-10-11-21(19(13-20)12-16-6-2-1-3-7-16)22(27)26-24(23(28)29)14-17-8-4-5-9-18(17)15-24/h1-11,13H,12,14-15H2,(H,26,27)(H,28,29). The number of carboxylic acids is 1. The molecule has 1 aliphatic rings. The number of hydrogen-bond acceptors (Lipinski definition) is 2. The number of nitrogens with one attached hydrogen (secondary N) is 1. The lowest BCUT2D eigenvalue weighted by molar-refractivity contribution is -0.144. The maximum atomic E-state index is 13.2. The Kier molecular flexibility index (Phi) is 5.24. The smallest absolute Gasteiger partial charge is 0.330 e. The zero-order valence-electron chi connectivity index (χ0n) is 15.7. The minimum atomic E-state index is -1.32. The maximum Gasteiger partial charge on any atom is 0.330 e. The highest BCUT2D eigenvalue weighted by molar-refractivity contribution is 9.10. The molecule has 4 rings (SSSR count). The van der Waals surface area contributed by atoms with Crippen molar-refractivity contribution in [1.82, 2.24) is 5.32 Å². The summed E-state index contributed by atoms with van der Waals surface area (Å²) in [6.45, 7) is 0. The van der Waals surface area contributed by atoms with Crippen LogP contribution >= 0.6 is 15.9 Å². The first-order valence-corrected chi connectivity index (χ1v) is 10.2. The second-order valence-corrected chi connectivity index (χ2v) is 8.34. The normalized spacial score (nSPS) is 14.2. The van der Waals surface area contributed by atoms with Gasteiger partial charge >= 0.3 is 5.97 Å². The quantitative estimate of drug-likeness (QED) is 0.606. The van der Waals surface area contributed by atoms with Crippen molar-refractivity contribution in [3.63, 3.8) is 0 Å². The van der Waals surface area contributed by atoms with E-state index >= 15 is 0 Å². The molecule has 0 atom stereocenters. The molecule has 0 radical (unpaired) electrons. The third kappa shape index (κ3) is 3.96. The van der Waals surface area contributed by atoms with Crippen LogP contribution in [0.3, 0.4) is 0 Å². The van der Waals surface area contributed by atoms with E-state index in [0.29, 0.717) is 12.0 Å². The molecule has 0 fully saturated rings. The van der Waals surface area contributed by atoms with Crippen LogP contribution in [-0.2, 0) is 24.1 Å². The van der Waals surface area contributed by atoms with Crippen LogP contribution < -0.4 is 5.32 Å². The van der Waals surface area contributed by atoms with Gasteiger partial charge in [-0.3, -0.25) is 4.79 Å². The highest BCUT2D eigenvalue weighted by atomic mass is 79.9. The number of rotatable bonds is 5. The van der Waals surface area contributed by atoms with Crippen LogP contribution in [0.4, 0.5) is 0 Å². The first-order chi connectivity index (χ1) is 14.0. The lowest BCUT2D eigenvalue weighted by Gasteiger charge is -2.26. The van der Waals surface area contributed by atoms with Crippen LogP contribution in [0.5, 0.6) is 0 Å². The fourth-order valence-corrected chi connectivity index (χ4v) is 4.35. The van der Waals surface area contributed by atoms with Crippen LogP contribution in [0.25, 0.3) is 0 Å². The highest BCUT2D eigenvalue weighted by Crippen LogP contribution is 2.31. The molecule has 0 saturated heterocycles. The Balaban J connectivity index is 1.64. The van der Waals surface area contributed by atoms with Crippen LogP contribution in [0, 0.1) is 0 Å². The number of benzene rings is 3. The zero-order valence-corrected chi connectivity index (χ0v) is 17.3. The van der Waals surface area contributed by atoms with Gasteiger partial charge in [0.25, 0.3) is 5.91 Å². The predicted molar refractivity (Wildman–Crippen MR) is 115 cm³/mol. The van der Waals surface area contributed by atoms with E-state index in [1.54, 1.807) is 12.1 Å². The molecular formula is C24H20BrNO3. The van der Waals surface area contributed by atoms with E-state index in [2.05, 4.69) is 21.2 Å². The van der Waals surface area contributed by atoms with Crippen molar-refractivity contribution in [2.24, 2.45) is 0 Å². The summed E-state index contributed by atoms with van der Waals surface area (Å²) in [6, 6.07) is 23.0. The Bertz CT molecular complexity index is 1050. The molecule has 0 unspecified atom stereocenters. The molecule has 5 heteroatoms. The van der Waals surface area contributed by atoms with E-state index < -0.39 is 11.5 Å². The van der Waals surface area contributed by atoms with E-state index in [0.717, 1.165) is 26.7 Å². The summed E-state index contributed by atoms with van der Waals surface area (Å²) >= 11 is 3.47. The molecule has 1 amide bonds. The summed E-state index contributed by atoms with van der Waals surface area (Å²) in [5.74, 6) is -1.37. The molecule has 0 heterocycles. The average molecular weight is 450 g/mol. The van der Waals surface area contributed by atoms with Crippen LogP contribution in [-0.4, -0.2) is 22.5 Å². The molecule has 1 aliphatic carbocycles. The van der Waals surface area contributed by atoms with Gasteiger partial charge in [-0.2, -0.15) is 0 Å². The molecule has 29 heavy (non-hydrogen) atoms.